The molecule has 1 atom stereocenters. The molecule has 1 aliphatic heterocycles. The number of amides is 1. The second-order valence-electron chi connectivity index (χ2n) is 4.24. The Balaban J connectivity index is 2.39. The van der Waals surface area contributed by atoms with Crippen LogP contribution in [-0.4, -0.2) is 84.6 Å². The molecule has 0 aromatic rings. The van der Waals surface area contributed by atoms with Gasteiger partial charge in [0.05, 0.1) is 32.5 Å². The van der Waals surface area contributed by atoms with E-state index in [4.69, 9.17) is 14.9 Å². The molecule has 1 unspecified atom stereocenters. The SMILES string of the molecule is CC1CN(C(=O)CN(CCO)CCO)CCO1. The third kappa shape index (κ3) is 4.99. The van der Waals surface area contributed by atoms with E-state index < -0.39 is 0 Å². The Hall–Kier alpha value is -0.690. The van der Waals surface area contributed by atoms with E-state index >= 15 is 0 Å². The first-order valence-electron chi connectivity index (χ1n) is 6.00. The molecule has 1 aliphatic rings. The molecular weight excluding hydrogens is 224 g/mol. The topological polar surface area (TPSA) is 73.2 Å². The summed E-state index contributed by atoms with van der Waals surface area (Å²) in [7, 11) is 0. The highest BCUT2D eigenvalue weighted by molar-refractivity contribution is 5.78. The van der Waals surface area contributed by atoms with Gasteiger partial charge in [-0.15, -0.1) is 0 Å². The minimum atomic E-state index is -0.00715. The van der Waals surface area contributed by atoms with Crippen molar-refractivity contribution in [3.05, 3.63) is 0 Å². The molecule has 0 aromatic carbocycles. The minimum Gasteiger partial charge on any atom is -0.395 e. The fourth-order valence-corrected chi connectivity index (χ4v) is 1.89. The van der Waals surface area contributed by atoms with E-state index in [9.17, 15) is 4.79 Å². The summed E-state index contributed by atoms with van der Waals surface area (Å²) < 4.78 is 5.37. The molecule has 0 aliphatic carbocycles. The number of aliphatic hydroxyl groups excluding tert-OH is 2. The second kappa shape index (κ2) is 7.60. The van der Waals surface area contributed by atoms with Gasteiger partial charge in [0.15, 0.2) is 0 Å². The highest BCUT2D eigenvalue weighted by Gasteiger charge is 2.22. The summed E-state index contributed by atoms with van der Waals surface area (Å²) in [6.45, 7) is 4.80. The van der Waals surface area contributed by atoms with E-state index in [1.807, 2.05) is 6.92 Å². The molecule has 1 rings (SSSR count). The highest BCUT2D eigenvalue weighted by atomic mass is 16.5. The molecule has 0 bridgehead atoms. The fraction of sp³-hybridized carbons (Fsp3) is 0.909. The number of morpholine rings is 1. The Morgan fingerprint density at radius 3 is 2.59 bits per heavy atom. The zero-order chi connectivity index (χ0) is 12.7. The average Bonchev–Trinajstić information content (AvgIpc) is 2.29. The molecule has 1 amide bonds. The lowest BCUT2D eigenvalue weighted by Gasteiger charge is -2.32. The number of rotatable bonds is 6. The number of carbonyl (C=O) groups excluding carboxylic acids is 1. The summed E-state index contributed by atoms with van der Waals surface area (Å²) in [5.41, 5.74) is 0. The number of carbonyl (C=O) groups is 1. The summed E-state index contributed by atoms with van der Waals surface area (Å²) in [6.07, 6.45) is 0.0804. The van der Waals surface area contributed by atoms with Crippen LogP contribution in [0.5, 0.6) is 0 Å². The maximum Gasteiger partial charge on any atom is 0.236 e. The third-order valence-electron chi connectivity index (χ3n) is 2.79. The van der Waals surface area contributed by atoms with Crippen LogP contribution < -0.4 is 0 Å². The zero-order valence-corrected chi connectivity index (χ0v) is 10.3. The Morgan fingerprint density at radius 1 is 1.41 bits per heavy atom. The Kier molecular flexibility index (Phi) is 6.43. The quantitative estimate of drug-likeness (QED) is 0.598. The smallest absolute Gasteiger partial charge is 0.236 e. The van der Waals surface area contributed by atoms with Crippen LogP contribution in [0.15, 0.2) is 0 Å². The maximum atomic E-state index is 12.0. The Bertz CT molecular complexity index is 232. The summed E-state index contributed by atoms with van der Waals surface area (Å²) in [6, 6.07) is 0. The van der Waals surface area contributed by atoms with E-state index in [1.165, 1.54) is 0 Å². The van der Waals surface area contributed by atoms with Gasteiger partial charge < -0.3 is 19.8 Å². The van der Waals surface area contributed by atoms with E-state index in [-0.39, 0.29) is 31.8 Å². The number of nitrogens with zero attached hydrogens (tertiary/aromatic N) is 2. The largest absolute Gasteiger partial charge is 0.395 e. The van der Waals surface area contributed by atoms with Crippen molar-refractivity contribution in [3.63, 3.8) is 0 Å². The molecule has 100 valence electrons. The van der Waals surface area contributed by atoms with Crippen LogP contribution in [-0.2, 0) is 9.53 Å². The molecule has 0 spiro atoms. The first kappa shape index (κ1) is 14.4. The molecular formula is C11H22N2O4. The fourth-order valence-electron chi connectivity index (χ4n) is 1.89. The molecule has 0 saturated carbocycles. The van der Waals surface area contributed by atoms with Crippen LogP contribution >= 0.6 is 0 Å². The van der Waals surface area contributed by atoms with Gasteiger partial charge in [0.2, 0.25) is 5.91 Å². The maximum absolute atomic E-state index is 12.0. The molecule has 6 nitrogen and oxygen atoms in total. The summed E-state index contributed by atoms with van der Waals surface area (Å²) in [5.74, 6) is 0.0297. The lowest BCUT2D eigenvalue weighted by atomic mass is 10.3. The van der Waals surface area contributed by atoms with Gasteiger partial charge in [0.1, 0.15) is 0 Å². The van der Waals surface area contributed by atoms with Crippen LogP contribution in [0.1, 0.15) is 6.92 Å². The van der Waals surface area contributed by atoms with E-state index in [0.717, 1.165) is 0 Å². The van der Waals surface area contributed by atoms with Crippen molar-refractivity contribution in [3.8, 4) is 0 Å². The van der Waals surface area contributed by atoms with Crippen LogP contribution in [0.2, 0.25) is 0 Å². The Labute approximate surface area is 102 Å². The zero-order valence-electron chi connectivity index (χ0n) is 10.3. The van der Waals surface area contributed by atoms with Gasteiger partial charge in [-0.2, -0.15) is 0 Å². The first-order valence-corrected chi connectivity index (χ1v) is 6.00. The summed E-state index contributed by atoms with van der Waals surface area (Å²) in [4.78, 5) is 15.5. The number of ether oxygens (including phenoxy) is 1. The Morgan fingerprint density at radius 2 is 2.06 bits per heavy atom. The molecule has 17 heavy (non-hydrogen) atoms. The first-order chi connectivity index (χ1) is 8.17. The van der Waals surface area contributed by atoms with Gasteiger partial charge in [-0.3, -0.25) is 9.69 Å². The van der Waals surface area contributed by atoms with Gasteiger partial charge in [0, 0.05) is 26.2 Å². The van der Waals surface area contributed by atoms with Crippen molar-refractivity contribution in [1.82, 2.24) is 9.80 Å². The van der Waals surface area contributed by atoms with Gasteiger partial charge >= 0.3 is 0 Å². The molecule has 6 heteroatoms. The number of aliphatic hydroxyl groups is 2. The lowest BCUT2D eigenvalue weighted by Crippen LogP contribution is -2.49. The highest BCUT2D eigenvalue weighted by Crippen LogP contribution is 2.05. The minimum absolute atomic E-state index is 0.00715. The van der Waals surface area contributed by atoms with Crippen molar-refractivity contribution in [2.24, 2.45) is 0 Å². The van der Waals surface area contributed by atoms with E-state index in [0.29, 0.717) is 32.8 Å². The molecule has 1 heterocycles. The summed E-state index contributed by atoms with van der Waals surface area (Å²) in [5, 5.41) is 17.7. The molecule has 0 radical (unpaired) electrons. The van der Waals surface area contributed by atoms with Gasteiger partial charge in [0.25, 0.3) is 0 Å². The average molecular weight is 246 g/mol. The molecule has 2 N–H and O–H groups in total. The van der Waals surface area contributed by atoms with Crippen molar-refractivity contribution in [1.29, 1.82) is 0 Å². The van der Waals surface area contributed by atoms with Gasteiger partial charge in [-0.1, -0.05) is 0 Å². The van der Waals surface area contributed by atoms with Crippen LogP contribution in [0.3, 0.4) is 0 Å². The van der Waals surface area contributed by atoms with Gasteiger partial charge in [-0.05, 0) is 6.92 Å². The van der Waals surface area contributed by atoms with E-state index in [1.54, 1.807) is 9.80 Å². The van der Waals surface area contributed by atoms with Gasteiger partial charge in [-0.25, -0.2) is 0 Å². The van der Waals surface area contributed by atoms with Crippen molar-refractivity contribution in [2.45, 2.75) is 13.0 Å². The molecule has 1 fully saturated rings. The standard InChI is InChI=1S/C11H22N2O4/c1-10-8-13(4-7-17-10)11(16)9-12(2-5-14)3-6-15/h10,14-15H,2-9H2,1H3. The van der Waals surface area contributed by atoms with Crippen molar-refractivity contribution < 1.29 is 19.7 Å². The summed E-state index contributed by atoms with van der Waals surface area (Å²) >= 11 is 0. The van der Waals surface area contributed by atoms with Crippen molar-refractivity contribution >= 4 is 5.91 Å². The number of hydrogen-bond donors (Lipinski definition) is 2. The van der Waals surface area contributed by atoms with Crippen LogP contribution in [0.4, 0.5) is 0 Å². The van der Waals surface area contributed by atoms with Crippen LogP contribution in [0, 0.1) is 0 Å². The number of hydrogen-bond acceptors (Lipinski definition) is 5. The molecule has 0 aromatic heterocycles. The van der Waals surface area contributed by atoms with Crippen LogP contribution in [0.25, 0.3) is 0 Å². The predicted molar refractivity (Wildman–Crippen MR) is 62.6 cm³/mol. The predicted octanol–water partition coefficient (Wildman–Crippen LogP) is -1.48. The third-order valence-corrected chi connectivity index (χ3v) is 2.79. The molecule has 1 saturated heterocycles. The lowest BCUT2D eigenvalue weighted by molar-refractivity contribution is -0.139. The monoisotopic (exact) mass is 246 g/mol. The second-order valence-corrected chi connectivity index (χ2v) is 4.24. The van der Waals surface area contributed by atoms with Crippen molar-refractivity contribution in [2.75, 3.05) is 52.5 Å². The van der Waals surface area contributed by atoms with E-state index in [2.05, 4.69) is 0 Å². The normalized spacial score (nSPS) is 20.9.